The van der Waals surface area contributed by atoms with Gasteiger partial charge in [0, 0.05) is 23.9 Å². The molecule has 1 unspecified atom stereocenters. The van der Waals surface area contributed by atoms with Crippen molar-refractivity contribution in [2.75, 3.05) is 30.7 Å². The quantitative estimate of drug-likeness (QED) is 0.0771. The van der Waals surface area contributed by atoms with Crippen LogP contribution in [-0.2, 0) is 9.63 Å². The molecule has 15 heteroatoms. The molecule has 0 bridgehead atoms. The van der Waals surface area contributed by atoms with Gasteiger partial charge in [-0.05, 0) is 30.3 Å². The van der Waals surface area contributed by atoms with Crippen molar-refractivity contribution in [3.63, 3.8) is 0 Å². The highest BCUT2D eigenvalue weighted by Gasteiger charge is 2.23. The minimum atomic E-state index is -1.38. The number of nitrogens with zero attached hydrogens (tertiary/aromatic N) is 5. The molecule has 4 rings (SSSR count). The summed E-state index contributed by atoms with van der Waals surface area (Å²) in [5.74, 6) is 4.94. The fraction of sp³-hybridized carbons (Fsp3) is 0.250. The van der Waals surface area contributed by atoms with Crippen molar-refractivity contribution in [2.45, 2.75) is 12.1 Å². The molecule has 35 heavy (non-hydrogen) atoms. The number of thiazole rings is 1. The van der Waals surface area contributed by atoms with E-state index in [1.54, 1.807) is 12.1 Å². The van der Waals surface area contributed by atoms with Gasteiger partial charge in [0.05, 0.1) is 11.6 Å². The van der Waals surface area contributed by atoms with Crippen molar-refractivity contribution in [3.05, 3.63) is 41.4 Å². The number of anilines is 2. The van der Waals surface area contributed by atoms with Crippen LogP contribution < -0.4 is 26.9 Å². The highest BCUT2D eigenvalue weighted by molar-refractivity contribution is 7.13. The lowest BCUT2D eigenvalue weighted by atomic mass is 10.1. The van der Waals surface area contributed by atoms with Crippen molar-refractivity contribution in [1.29, 1.82) is 5.53 Å². The third kappa shape index (κ3) is 5.77. The molecule has 14 nitrogen and oxygen atoms in total. The van der Waals surface area contributed by atoms with Gasteiger partial charge in [-0.2, -0.15) is 5.10 Å². The molecule has 8 N–H and O–H groups in total. The van der Waals surface area contributed by atoms with Crippen LogP contribution in [0.2, 0.25) is 0 Å². The zero-order chi connectivity index (χ0) is 24.8. The number of carbonyl (C=O) groups is 1. The van der Waals surface area contributed by atoms with Crippen LogP contribution in [0.4, 0.5) is 10.9 Å². The summed E-state index contributed by atoms with van der Waals surface area (Å²) in [4.78, 5) is 25.4. The predicted molar refractivity (Wildman–Crippen MR) is 130 cm³/mol. The van der Waals surface area contributed by atoms with Crippen LogP contribution in [0.1, 0.15) is 5.69 Å². The maximum Gasteiger partial charge on any atom is 0.360 e. The molecule has 1 aromatic carbocycles. The molecule has 1 fully saturated rings. The average molecular weight is 499 g/mol. The van der Waals surface area contributed by atoms with Crippen LogP contribution in [-0.4, -0.2) is 64.4 Å². The normalized spacial score (nSPS) is 15.3. The minimum Gasteiger partial charge on any atom is -0.489 e. The predicted octanol–water partition coefficient (Wildman–Crippen LogP) is 1.21. The largest absolute Gasteiger partial charge is 0.489 e. The Bertz CT molecular complexity index is 1290. The Hall–Kier alpha value is -4.37. The summed E-state index contributed by atoms with van der Waals surface area (Å²) in [6, 6.07) is 9.51. The van der Waals surface area contributed by atoms with Crippen molar-refractivity contribution in [2.24, 2.45) is 21.2 Å². The summed E-state index contributed by atoms with van der Waals surface area (Å²) in [5.41, 5.74) is 13.2. The number of hydrazone groups is 1. The maximum atomic E-state index is 11.6. The van der Waals surface area contributed by atoms with E-state index < -0.39 is 17.8 Å². The van der Waals surface area contributed by atoms with Gasteiger partial charge in [0.1, 0.15) is 23.9 Å². The third-order valence-corrected chi connectivity index (χ3v) is 5.64. The highest BCUT2D eigenvalue weighted by Crippen LogP contribution is 2.22. The van der Waals surface area contributed by atoms with Crippen LogP contribution in [0.15, 0.2) is 51.1 Å². The second-order valence-corrected chi connectivity index (χ2v) is 8.26. The number of aliphatic carboxylic acids is 1. The fourth-order valence-electron chi connectivity index (χ4n) is 3.09. The first-order valence-electron chi connectivity index (χ1n) is 10.3. The molecule has 0 amide bonds. The smallest absolute Gasteiger partial charge is 0.360 e. The van der Waals surface area contributed by atoms with E-state index in [1.807, 2.05) is 18.2 Å². The summed E-state index contributed by atoms with van der Waals surface area (Å²) in [6.07, 6.45) is -1.17. The molecule has 1 saturated heterocycles. The van der Waals surface area contributed by atoms with Crippen molar-refractivity contribution in [1.82, 2.24) is 15.3 Å². The number of benzene rings is 1. The van der Waals surface area contributed by atoms with Crippen LogP contribution in [0.5, 0.6) is 5.75 Å². The second kappa shape index (κ2) is 10.7. The first-order chi connectivity index (χ1) is 17.0. The summed E-state index contributed by atoms with van der Waals surface area (Å²) in [7, 11) is 0. The first-order valence-corrected chi connectivity index (χ1v) is 11.2. The van der Waals surface area contributed by atoms with Crippen LogP contribution in [0, 0.1) is 5.53 Å². The standard InChI is InChI=1S/C20H22N10O4S/c21-20-27-14(9-35-20)17(19(31)32)30-34-15(18(28-22)29-23)8-33-12-2-3-13-10(5-12)1-4-16(26-13)25-11-6-24-7-11/h1-5,9,11,15,22,24H,6-8,23H2,(H2,21,27)(H,25,26)(H,31,32)/b28-22?,29-18-,30-17-. The number of nitrogens with one attached hydrogen (secondary N) is 3. The summed E-state index contributed by atoms with van der Waals surface area (Å²) >= 11 is 1.05. The van der Waals surface area contributed by atoms with Gasteiger partial charge in [0.25, 0.3) is 0 Å². The summed E-state index contributed by atoms with van der Waals surface area (Å²) < 4.78 is 5.78. The van der Waals surface area contributed by atoms with E-state index in [0.717, 1.165) is 41.1 Å². The molecule has 2 aromatic heterocycles. The molecule has 0 aliphatic carbocycles. The summed E-state index contributed by atoms with van der Waals surface area (Å²) in [6.45, 7) is 1.61. The van der Waals surface area contributed by atoms with Gasteiger partial charge >= 0.3 is 5.97 Å². The molecular weight excluding hydrogens is 476 g/mol. The van der Waals surface area contributed by atoms with Gasteiger partial charge in [-0.1, -0.05) is 5.16 Å². The van der Waals surface area contributed by atoms with Gasteiger partial charge in [-0.25, -0.2) is 20.3 Å². The Labute approximate surface area is 202 Å². The molecule has 3 aromatic rings. The molecule has 0 radical (unpaired) electrons. The average Bonchev–Trinajstić information content (AvgIpc) is 3.25. The van der Waals surface area contributed by atoms with Gasteiger partial charge in [0.2, 0.25) is 17.7 Å². The lowest BCUT2D eigenvalue weighted by Crippen LogP contribution is -2.51. The van der Waals surface area contributed by atoms with E-state index >= 15 is 0 Å². The fourth-order valence-corrected chi connectivity index (χ4v) is 3.64. The number of oxime groups is 1. The van der Waals surface area contributed by atoms with Crippen molar-refractivity contribution in [3.8, 4) is 5.75 Å². The number of ether oxygens (including phenoxy) is 1. The van der Waals surface area contributed by atoms with Crippen LogP contribution >= 0.6 is 11.3 Å². The van der Waals surface area contributed by atoms with E-state index in [-0.39, 0.29) is 23.3 Å². The van der Waals surface area contributed by atoms with E-state index in [1.165, 1.54) is 5.38 Å². The lowest BCUT2D eigenvalue weighted by molar-refractivity contribution is -0.129. The van der Waals surface area contributed by atoms with Crippen molar-refractivity contribution >= 4 is 50.7 Å². The number of nitrogens with two attached hydrogens (primary N) is 2. The number of carboxylic acids is 1. The van der Waals surface area contributed by atoms with Crippen LogP contribution in [0.25, 0.3) is 10.9 Å². The number of hydrogen-bond acceptors (Lipinski definition) is 13. The number of nitrogen functional groups attached to an aromatic ring is 1. The van der Waals surface area contributed by atoms with E-state index in [0.29, 0.717) is 11.8 Å². The Morgan fingerprint density at radius 2 is 2.17 bits per heavy atom. The number of hydrogen-bond donors (Lipinski definition) is 6. The topological polar surface area (TPSA) is 219 Å². The SMILES string of the molecule is N=N/C(=N\N)C(COc1ccc2nc(NC3CNC3)ccc2c1)O/N=C(\C(=O)O)c1csc(N)n1. The number of rotatable bonds is 10. The number of amidine groups is 1. The maximum absolute atomic E-state index is 11.6. The monoisotopic (exact) mass is 498 g/mol. The van der Waals surface area contributed by atoms with Gasteiger partial charge in [-0.15, -0.1) is 16.5 Å². The molecule has 1 aliphatic heterocycles. The van der Waals surface area contributed by atoms with E-state index in [2.05, 4.69) is 36.0 Å². The lowest BCUT2D eigenvalue weighted by Gasteiger charge is -2.28. The molecule has 0 spiro atoms. The highest BCUT2D eigenvalue weighted by atomic mass is 32.1. The number of fused-ring (bicyclic) bond motifs is 1. The molecule has 0 saturated carbocycles. The zero-order valence-electron chi connectivity index (χ0n) is 18.2. The van der Waals surface area contributed by atoms with Gasteiger partial charge in [-0.3, -0.25) is 0 Å². The molecular formula is C20H22N10O4S. The Morgan fingerprint density at radius 3 is 2.80 bits per heavy atom. The zero-order valence-corrected chi connectivity index (χ0v) is 19.0. The Balaban J connectivity index is 1.47. The van der Waals surface area contributed by atoms with E-state index in [9.17, 15) is 9.90 Å². The second-order valence-electron chi connectivity index (χ2n) is 7.37. The molecule has 1 aliphatic rings. The van der Waals surface area contributed by atoms with Crippen molar-refractivity contribution < 1.29 is 19.5 Å². The van der Waals surface area contributed by atoms with Gasteiger partial charge in [0.15, 0.2) is 5.13 Å². The third-order valence-electron chi connectivity index (χ3n) is 4.97. The Kier molecular flexibility index (Phi) is 7.27. The minimum absolute atomic E-state index is 0.0261. The Morgan fingerprint density at radius 1 is 1.34 bits per heavy atom. The number of carboxylic acid groups (broad SMARTS) is 1. The number of aromatic nitrogens is 2. The molecule has 1 atom stereocenters. The first kappa shape index (κ1) is 23.8. The van der Waals surface area contributed by atoms with Crippen LogP contribution in [0.3, 0.4) is 0 Å². The summed E-state index contributed by atoms with van der Waals surface area (Å²) in [5, 5.41) is 28.7. The van der Waals surface area contributed by atoms with E-state index in [4.69, 9.17) is 26.7 Å². The number of pyridine rings is 1. The molecule has 3 heterocycles. The molecule has 182 valence electrons. The van der Waals surface area contributed by atoms with Gasteiger partial charge < -0.3 is 36.9 Å².